The summed E-state index contributed by atoms with van der Waals surface area (Å²) in [4.78, 5) is 0. The van der Waals surface area contributed by atoms with E-state index in [2.05, 4.69) is 6.58 Å². The van der Waals surface area contributed by atoms with E-state index >= 15 is 0 Å². The van der Waals surface area contributed by atoms with Crippen LogP contribution in [0.4, 0.5) is 0 Å². The van der Waals surface area contributed by atoms with Crippen molar-refractivity contribution in [2.24, 2.45) is 0 Å². The number of rotatable bonds is 5. The van der Waals surface area contributed by atoms with Gasteiger partial charge < -0.3 is 9.84 Å². The Morgan fingerprint density at radius 2 is 1.80 bits per heavy atom. The van der Waals surface area contributed by atoms with Crippen LogP contribution in [-0.2, 0) is 6.42 Å². The molecular formula is C18H18O2. The molecule has 2 aromatic carbocycles. The normalized spacial score (nSPS) is 10.7. The maximum atomic E-state index is 10.1. The molecule has 0 aliphatic carbocycles. The predicted octanol–water partition coefficient (Wildman–Crippen LogP) is 4.30. The highest BCUT2D eigenvalue weighted by Gasteiger charge is 2.08. The molecule has 20 heavy (non-hydrogen) atoms. The van der Waals surface area contributed by atoms with Crippen LogP contribution in [0.5, 0.6) is 11.5 Å². The summed E-state index contributed by atoms with van der Waals surface area (Å²) in [6.45, 7) is 3.69. The van der Waals surface area contributed by atoms with Crippen LogP contribution in [0, 0.1) is 0 Å². The molecular weight excluding hydrogens is 248 g/mol. The number of aromatic hydroxyl groups is 1. The molecule has 0 aliphatic rings. The molecule has 2 aromatic rings. The van der Waals surface area contributed by atoms with Crippen LogP contribution in [0.3, 0.4) is 0 Å². The Morgan fingerprint density at radius 1 is 1.10 bits per heavy atom. The van der Waals surface area contributed by atoms with Gasteiger partial charge in [0.15, 0.2) is 0 Å². The molecule has 102 valence electrons. The molecule has 0 saturated heterocycles. The minimum absolute atomic E-state index is 0.233. The maximum absolute atomic E-state index is 10.1. The van der Waals surface area contributed by atoms with Gasteiger partial charge in [-0.3, -0.25) is 0 Å². The van der Waals surface area contributed by atoms with Crippen molar-refractivity contribution >= 4 is 12.2 Å². The zero-order chi connectivity index (χ0) is 14.4. The van der Waals surface area contributed by atoms with Gasteiger partial charge in [0.25, 0.3) is 0 Å². The Bertz CT molecular complexity index is 613. The van der Waals surface area contributed by atoms with Crippen LogP contribution in [0.15, 0.2) is 55.1 Å². The maximum Gasteiger partial charge on any atom is 0.126 e. The van der Waals surface area contributed by atoms with Crippen molar-refractivity contribution in [3.63, 3.8) is 0 Å². The lowest BCUT2D eigenvalue weighted by atomic mass is 10.0. The predicted molar refractivity (Wildman–Crippen MR) is 83.9 cm³/mol. The van der Waals surface area contributed by atoms with Gasteiger partial charge >= 0.3 is 0 Å². The summed E-state index contributed by atoms with van der Waals surface area (Å²) in [5.41, 5.74) is 2.77. The van der Waals surface area contributed by atoms with Crippen molar-refractivity contribution < 1.29 is 9.84 Å². The standard InChI is InChI=1S/C18H18O2/c1-3-7-16-17(19)12-15(13-18(16)20-2)11-10-14-8-5-4-6-9-14/h3-6,8-13,19H,1,7H2,2H3/b11-10+. The average Bonchev–Trinajstić information content (AvgIpc) is 2.48. The van der Waals surface area contributed by atoms with Gasteiger partial charge in [-0.1, -0.05) is 48.6 Å². The number of ether oxygens (including phenoxy) is 1. The number of phenols is 1. The molecule has 0 aliphatic heterocycles. The fourth-order valence-corrected chi connectivity index (χ4v) is 2.04. The highest BCUT2D eigenvalue weighted by molar-refractivity contribution is 5.71. The number of hydrogen-bond donors (Lipinski definition) is 1. The van der Waals surface area contributed by atoms with Crippen LogP contribution >= 0.6 is 0 Å². The third kappa shape index (κ3) is 3.29. The van der Waals surface area contributed by atoms with E-state index in [9.17, 15) is 5.11 Å². The van der Waals surface area contributed by atoms with E-state index in [0.29, 0.717) is 12.2 Å². The summed E-state index contributed by atoms with van der Waals surface area (Å²) in [5, 5.41) is 10.1. The molecule has 0 atom stereocenters. The summed E-state index contributed by atoms with van der Waals surface area (Å²) in [7, 11) is 1.60. The molecule has 2 rings (SSSR count). The second-order valence-electron chi connectivity index (χ2n) is 4.46. The molecule has 0 heterocycles. The number of methoxy groups -OCH3 is 1. The lowest BCUT2D eigenvalue weighted by Gasteiger charge is -2.10. The van der Waals surface area contributed by atoms with Crippen molar-refractivity contribution in [3.05, 3.63) is 71.8 Å². The Hall–Kier alpha value is -2.48. The van der Waals surface area contributed by atoms with E-state index in [1.165, 1.54) is 0 Å². The van der Waals surface area contributed by atoms with Gasteiger partial charge in [0, 0.05) is 5.56 Å². The Morgan fingerprint density at radius 3 is 2.45 bits per heavy atom. The first kappa shape index (κ1) is 13.9. The topological polar surface area (TPSA) is 29.5 Å². The fourth-order valence-electron chi connectivity index (χ4n) is 2.04. The fraction of sp³-hybridized carbons (Fsp3) is 0.111. The molecule has 0 aromatic heterocycles. The lowest BCUT2D eigenvalue weighted by molar-refractivity contribution is 0.401. The Balaban J connectivity index is 2.31. The summed E-state index contributed by atoms with van der Waals surface area (Å²) in [6.07, 6.45) is 6.28. The van der Waals surface area contributed by atoms with Gasteiger partial charge in [-0.2, -0.15) is 0 Å². The first-order valence-electron chi connectivity index (χ1n) is 6.48. The largest absolute Gasteiger partial charge is 0.507 e. The van der Waals surface area contributed by atoms with Crippen molar-refractivity contribution in [1.82, 2.24) is 0 Å². The molecule has 2 heteroatoms. The molecule has 0 amide bonds. The van der Waals surface area contributed by atoms with Crippen LogP contribution in [0.2, 0.25) is 0 Å². The van der Waals surface area contributed by atoms with E-state index in [0.717, 1.165) is 16.7 Å². The highest BCUT2D eigenvalue weighted by atomic mass is 16.5. The zero-order valence-electron chi connectivity index (χ0n) is 11.5. The van der Waals surface area contributed by atoms with E-state index in [-0.39, 0.29) is 5.75 Å². The van der Waals surface area contributed by atoms with Crippen LogP contribution in [-0.4, -0.2) is 12.2 Å². The summed E-state index contributed by atoms with van der Waals surface area (Å²) in [6, 6.07) is 13.7. The van der Waals surface area contributed by atoms with Crippen molar-refractivity contribution in [1.29, 1.82) is 0 Å². The molecule has 0 spiro atoms. The van der Waals surface area contributed by atoms with Gasteiger partial charge in [0.1, 0.15) is 11.5 Å². The molecule has 0 radical (unpaired) electrons. The molecule has 0 saturated carbocycles. The SMILES string of the molecule is C=CCc1c(O)cc(/C=C/c2ccccc2)cc1OC. The minimum atomic E-state index is 0.233. The Kier molecular flexibility index (Phi) is 4.61. The third-order valence-corrected chi connectivity index (χ3v) is 3.04. The first-order valence-corrected chi connectivity index (χ1v) is 6.48. The lowest BCUT2D eigenvalue weighted by Crippen LogP contribution is -1.92. The van der Waals surface area contributed by atoms with Crippen LogP contribution in [0.25, 0.3) is 12.2 Å². The molecule has 0 unspecified atom stereocenters. The third-order valence-electron chi connectivity index (χ3n) is 3.04. The van der Waals surface area contributed by atoms with Crippen molar-refractivity contribution in [2.45, 2.75) is 6.42 Å². The average molecular weight is 266 g/mol. The quantitative estimate of drug-likeness (QED) is 0.646. The molecule has 0 fully saturated rings. The second-order valence-corrected chi connectivity index (χ2v) is 4.46. The summed E-state index contributed by atoms with van der Waals surface area (Å²) < 4.78 is 5.33. The molecule has 2 nitrogen and oxygen atoms in total. The van der Waals surface area contributed by atoms with E-state index in [1.54, 1.807) is 19.3 Å². The zero-order valence-corrected chi connectivity index (χ0v) is 11.5. The summed E-state index contributed by atoms with van der Waals surface area (Å²) in [5.74, 6) is 0.912. The van der Waals surface area contributed by atoms with Gasteiger partial charge in [0.05, 0.1) is 7.11 Å². The van der Waals surface area contributed by atoms with Gasteiger partial charge in [0.2, 0.25) is 0 Å². The van der Waals surface area contributed by atoms with E-state index in [4.69, 9.17) is 4.74 Å². The number of hydrogen-bond acceptors (Lipinski definition) is 2. The second kappa shape index (κ2) is 6.62. The van der Waals surface area contributed by atoms with E-state index < -0.39 is 0 Å². The minimum Gasteiger partial charge on any atom is -0.507 e. The molecule has 0 bridgehead atoms. The molecule has 1 N–H and O–H groups in total. The van der Waals surface area contributed by atoms with Gasteiger partial charge in [-0.05, 0) is 29.7 Å². The van der Waals surface area contributed by atoms with Crippen molar-refractivity contribution in [2.75, 3.05) is 7.11 Å². The van der Waals surface area contributed by atoms with Crippen LogP contribution in [0.1, 0.15) is 16.7 Å². The van der Waals surface area contributed by atoms with Crippen LogP contribution < -0.4 is 4.74 Å². The summed E-state index contributed by atoms with van der Waals surface area (Å²) >= 11 is 0. The monoisotopic (exact) mass is 266 g/mol. The van der Waals surface area contributed by atoms with Crippen molar-refractivity contribution in [3.8, 4) is 11.5 Å². The highest BCUT2D eigenvalue weighted by Crippen LogP contribution is 2.31. The number of benzene rings is 2. The first-order chi connectivity index (χ1) is 9.74. The Labute approximate surface area is 119 Å². The number of phenolic OH excluding ortho intramolecular Hbond substituents is 1. The van der Waals surface area contributed by atoms with Gasteiger partial charge in [-0.15, -0.1) is 6.58 Å². The smallest absolute Gasteiger partial charge is 0.126 e. The van der Waals surface area contributed by atoms with E-state index in [1.807, 2.05) is 48.6 Å². The number of allylic oxidation sites excluding steroid dienone is 1. The van der Waals surface area contributed by atoms with Gasteiger partial charge in [-0.25, -0.2) is 0 Å².